The van der Waals surface area contributed by atoms with E-state index in [1.165, 1.54) is 34.9 Å². The van der Waals surface area contributed by atoms with E-state index in [1.807, 2.05) is 0 Å². The van der Waals surface area contributed by atoms with Crippen molar-refractivity contribution in [2.75, 3.05) is 6.54 Å². The molecule has 0 aliphatic rings. The zero-order valence-electron chi connectivity index (χ0n) is 13.4. The molecule has 2 nitrogen and oxygen atoms in total. The van der Waals surface area contributed by atoms with Crippen LogP contribution in [0, 0.1) is 0 Å². The van der Waals surface area contributed by atoms with Crippen LogP contribution in [0.5, 0.6) is 0 Å². The van der Waals surface area contributed by atoms with Crippen LogP contribution in [-0.4, -0.2) is 11.1 Å². The Hall–Kier alpha value is -1.28. The molecular weight excluding hydrogens is 244 g/mol. The number of benzene rings is 1. The Labute approximate surface area is 123 Å². The van der Waals surface area contributed by atoms with Crippen LogP contribution < -0.4 is 5.73 Å². The maximum atomic E-state index is 5.78. The Balaban J connectivity index is 2.51. The van der Waals surface area contributed by atoms with Gasteiger partial charge in [0.25, 0.3) is 0 Å². The van der Waals surface area contributed by atoms with Gasteiger partial charge in [0.05, 0.1) is 0 Å². The molecule has 20 heavy (non-hydrogen) atoms. The van der Waals surface area contributed by atoms with Gasteiger partial charge in [-0.15, -0.1) is 0 Å². The number of nitrogens with two attached hydrogens (primary N) is 1. The van der Waals surface area contributed by atoms with Gasteiger partial charge in [-0.2, -0.15) is 0 Å². The maximum absolute atomic E-state index is 5.78. The molecule has 0 amide bonds. The molecule has 0 atom stereocenters. The summed E-state index contributed by atoms with van der Waals surface area (Å²) in [6.45, 7) is 10.9. The third-order valence-corrected chi connectivity index (χ3v) is 4.00. The molecular formula is C18H28N2. The fourth-order valence-corrected chi connectivity index (χ4v) is 2.71. The lowest BCUT2D eigenvalue weighted by Crippen LogP contribution is -2.10. The van der Waals surface area contributed by atoms with Crippen LogP contribution in [0.15, 0.2) is 24.4 Å². The summed E-state index contributed by atoms with van der Waals surface area (Å²) in [6, 6.07) is 6.92. The third kappa shape index (κ3) is 3.06. The van der Waals surface area contributed by atoms with E-state index in [2.05, 4.69) is 56.7 Å². The molecule has 0 aliphatic heterocycles. The van der Waals surface area contributed by atoms with Crippen LogP contribution in [0.3, 0.4) is 0 Å². The number of aryl methyl sites for hydroxylation is 1. The number of hydrogen-bond acceptors (Lipinski definition) is 1. The summed E-state index contributed by atoms with van der Waals surface area (Å²) < 4.78 is 2.40. The lowest BCUT2D eigenvalue weighted by Gasteiger charge is -2.19. The van der Waals surface area contributed by atoms with E-state index in [9.17, 15) is 0 Å². The first-order valence-corrected chi connectivity index (χ1v) is 7.79. The topological polar surface area (TPSA) is 30.9 Å². The van der Waals surface area contributed by atoms with Crippen LogP contribution in [0.25, 0.3) is 10.9 Å². The lowest BCUT2D eigenvalue weighted by molar-refractivity contribution is 0.591. The van der Waals surface area contributed by atoms with Crippen LogP contribution in [0.4, 0.5) is 0 Å². The van der Waals surface area contributed by atoms with Gasteiger partial charge in [0.1, 0.15) is 0 Å². The van der Waals surface area contributed by atoms with E-state index in [0.29, 0.717) is 6.54 Å². The molecule has 2 heteroatoms. The van der Waals surface area contributed by atoms with Crippen LogP contribution in [-0.2, 0) is 18.4 Å². The van der Waals surface area contributed by atoms with E-state index in [0.717, 1.165) is 13.0 Å². The third-order valence-electron chi connectivity index (χ3n) is 4.00. The van der Waals surface area contributed by atoms with Gasteiger partial charge in [-0.1, -0.05) is 40.2 Å². The average molecular weight is 272 g/mol. The highest BCUT2D eigenvalue weighted by molar-refractivity contribution is 5.85. The molecule has 0 fully saturated rings. The second kappa shape index (κ2) is 6.01. The molecule has 0 bridgehead atoms. The zero-order chi connectivity index (χ0) is 14.8. The molecule has 1 aromatic carbocycles. The summed E-state index contributed by atoms with van der Waals surface area (Å²) in [5, 5.41) is 1.39. The molecule has 110 valence electrons. The van der Waals surface area contributed by atoms with Crippen LogP contribution in [0.1, 0.15) is 51.7 Å². The first-order chi connectivity index (χ1) is 9.47. The second-order valence-corrected chi connectivity index (χ2v) is 6.72. The molecule has 2 N–H and O–H groups in total. The smallest absolute Gasteiger partial charge is 0.0483 e. The normalized spacial score (nSPS) is 12.2. The standard InChI is InChI=1S/C18H28N2/c1-5-6-11-20-13-14(9-10-19)16-12-15(18(2,3)4)7-8-17(16)20/h7-8,12-13H,5-6,9-11,19H2,1-4H3. The molecule has 2 rings (SSSR count). The first-order valence-electron chi connectivity index (χ1n) is 7.79. The largest absolute Gasteiger partial charge is 0.347 e. The van der Waals surface area contributed by atoms with Crippen molar-refractivity contribution in [3.8, 4) is 0 Å². The minimum Gasteiger partial charge on any atom is -0.347 e. The van der Waals surface area contributed by atoms with E-state index >= 15 is 0 Å². The van der Waals surface area contributed by atoms with Crippen molar-refractivity contribution in [3.63, 3.8) is 0 Å². The predicted molar refractivity (Wildman–Crippen MR) is 88.3 cm³/mol. The maximum Gasteiger partial charge on any atom is 0.0483 e. The Morgan fingerprint density at radius 2 is 1.95 bits per heavy atom. The van der Waals surface area contributed by atoms with Gasteiger partial charge in [0, 0.05) is 23.6 Å². The van der Waals surface area contributed by atoms with Crippen molar-refractivity contribution in [3.05, 3.63) is 35.5 Å². The van der Waals surface area contributed by atoms with Gasteiger partial charge in [0.15, 0.2) is 0 Å². The summed E-state index contributed by atoms with van der Waals surface area (Å²) in [6.07, 6.45) is 5.72. The second-order valence-electron chi connectivity index (χ2n) is 6.72. The summed E-state index contributed by atoms with van der Waals surface area (Å²) in [5.74, 6) is 0. The molecule has 1 heterocycles. The van der Waals surface area contributed by atoms with E-state index in [1.54, 1.807) is 0 Å². The van der Waals surface area contributed by atoms with Gasteiger partial charge in [0.2, 0.25) is 0 Å². The molecule has 0 saturated carbocycles. The van der Waals surface area contributed by atoms with Gasteiger partial charge in [-0.25, -0.2) is 0 Å². The Morgan fingerprint density at radius 3 is 2.55 bits per heavy atom. The fourth-order valence-electron chi connectivity index (χ4n) is 2.71. The van der Waals surface area contributed by atoms with Crippen molar-refractivity contribution >= 4 is 10.9 Å². The van der Waals surface area contributed by atoms with E-state index in [4.69, 9.17) is 5.73 Å². The van der Waals surface area contributed by atoms with Crippen molar-refractivity contribution in [2.24, 2.45) is 5.73 Å². The molecule has 0 unspecified atom stereocenters. The number of aromatic nitrogens is 1. The zero-order valence-corrected chi connectivity index (χ0v) is 13.4. The van der Waals surface area contributed by atoms with Crippen LogP contribution >= 0.6 is 0 Å². The van der Waals surface area contributed by atoms with Crippen molar-refractivity contribution in [2.45, 2.75) is 58.9 Å². The minimum atomic E-state index is 0.194. The fraction of sp³-hybridized carbons (Fsp3) is 0.556. The summed E-state index contributed by atoms with van der Waals surface area (Å²) in [4.78, 5) is 0. The van der Waals surface area contributed by atoms with Crippen molar-refractivity contribution in [1.29, 1.82) is 0 Å². The Kier molecular flexibility index (Phi) is 4.54. The van der Waals surface area contributed by atoms with Crippen molar-refractivity contribution in [1.82, 2.24) is 4.57 Å². The average Bonchev–Trinajstić information content (AvgIpc) is 2.74. The molecule has 0 radical (unpaired) electrons. The SMILES string of the molecule is CCCCn1cc(CCN)c2cc(C(C)(C)C)ccc21. The quantitative estimate of drug-likeness (QED) is 0.867. The molecule has 1 aromatic heterocycles. The summed E-state index contributed by atoms with van der Waals surface area (Å²) >= 11 is 0. The monoisotopic (exact) mass is 272 g/mol. The Morgan fingerprint density at radius 1 is 1.20 bits per heavy atom. The molecule has 0 saturated heterocycles. The van der Waals surface area contributed by atoms with Gasteiger partial charge >= 0.3 is 0 Å². The van der Waals surface area contributed by atoms with Gasteiger partial charge in [-0.05, 0) is 48.1 Å². The lowest BCUT2D eigenvalue weighted by atomic mass is 9.86. The predicted octanol–water partition coefficient (Wildman–Crippen LogP) is 4.24. The number of nitrogens with zero attached hydrogens (tertiary/aromatic N) is 1. The highest BCUT2D eigenvalue weighted by atomic mass is 15.0. The number of rotatable bonds is 5. The van der Waals surface area contributed by atoms with E-state index in [-0.39, 0.29) is 5.41 Å². The summed E-state index contributed by atoms with van der Waals surface area (Å²) in [7, 11) is 0. The van der Waals surface area contributed by atoms with Gasteiger partial charge in [-0.3, -0.25) is 0 Å². The highest BCUT2D eigenvalue weighted by Gasteiger charge is 2.16. The number of hydrogen-bond donors (Lipinski definition) is 1. The number of unbranched alkanes of at least 4 members (excludes halogenated alkanes) is 1. The van der Waals surface area contributed by atoms with Gasteiger partial charge < -0.3 is 10.3 Å². The number of fused-ring (bicyclic) bond motifs is 1. The molecule has 2 aromatic rings. The van der Waals surface area contributed by atoms with Crippen LogP contribution in [0.2, 0.25) is 0 Å². The summed E-state index contributed by atoms with van der Waals surface area (Å²) in [5.41, 5.74) is 10.1. The Bertz CT molecular complexity index is 573. The van der Waals surface area contributed by atoms with Crippen molar-refractivity contribution < 1.29 is 0 Å². The minimum absolute atomic E-state index is 0.194. The molecule has 0 aliphatic carbocycles. The first kappa shape index (κ1) is 15.1. The highest BCUT2D eigenvalue weighted by Crippen LogP contribution is 2.29. The molecule has 0 spiro atoms. The van der Waals surface area contributed by atoms with E-state index < -0.39 is 0 Å².